The first-order valence-corrected chi connectivity index (χ1v) is 4.67. The minimum atomic E-state index is 0. The zero-order valence-corrected chi connectivity index (χ0v) is 8.43. The van der Waals surface area contributed by atoms with E-state index in [4.69, 9.17) is 10.2 Å². The van der Waals surface area contributed by atoms with Gasteiger partial charge in [-0.1, -0.05) is 12.8 Å². The Bertz CT molecular complexity index is 229. The highest BCUT2D eigenvalue weighted by Crippen LogP contribution is 2.33. The Hall–Kier alpha value is -0.470. The molecule has 1 aliphatic carbocycles. The van der Waals surface area contributed by atoms with Gasteiger partial charge in [0.15, 0.2) is 0 Å². The summed E-state index contributed by atoms with van der Waals surface area (Å²) in [5.41, 5.74) is 6.05. The number of halogens is 1. The number of furan rings is 1. The summed E-state index contributed by atoms with van der Waals surface area (Å²) in [7, 11) is 0. The highest BCUT2D eigenvalue weighted by atomic mass is 35.5. The molecule has 1 aromatic rings. The SMILES string of the molecule is Cl.NC(c1ccco1)C1CCCC1. The third-order valence-corrected chi connectivity index (χ3v) is 2.78. The molecule has 2 N–H and O–H groups in total. The van der Waals surface area contributed by atoms with Crippen molar-refractivity contribution in [2.75, 3.05) is 0 Å². The van der Waals surface area contributed by atoms with Gasteiger partial charge in [0.05, 0.1) is 12.3 Å². The largest absolute Gasteiger partial charge is 0.468 e. The summed E-state index contributed by atoms with van der Waals surface area (Å²) in [6.45, 7) is 0. The van der Waals surface area contributed by atoms with E-state index in [9.17, 15) is 0 Å². The molecule has 1 heterocycles. The first kappa shape index (κ1) is 10.6. The Morgan fingerprint density at radius 2 is 2.08 bits per heavy atom. The summed E-state index contributed by atoms with van der Waals surface area (Å²) in [5, 5.41) is 0. The van der Waals surface area contributed by atoms with Gasteiger partial charge in [-0.05, 0) is 30.9 Å². The minimum absolute atomic E-state index is 0. The van der Waals surface area contributed by atoms with Gasteiger partial charge in [-0.3, -0.25) is 0 Å². The zero-order valence-electron chi connectivity index (χ0n) is 7.61. The van der Waals surface area contributed by atoms with Crippen molar-refractivity contribution in [1.82, 2.24) is 0 Å². The molecular formula is C10H16ClNO. The van der Waals surface area contributed by atoms with Gasteiger partial charge in [0.25, 0.3) is 0 Å². The lowest BCUT2D eigenvalue weighted by molar-refractivity contribution is 0.369. The predicted octanol–water partition coefficient (Wildman–Crippen LogP) is 2.89. The molecule has 0 aliphatic heterocycles. The van der Waals surface area contributed by atoms with Crippen molar-refractivity contribution in [3.8, 4) is 0 Å². The van der Waals surface area contributed by atoms with Crippen LogP contribution in [0.4, 0.5) is 0 Å². The van der Waals surface area contributed by atoms with E-state index in [1.54, 1.807) is 6.26 Å². The summed E-state index contributed by atoms with van der Waals surface area (Å²) >= 11 is 0. The van der Waals surface area contributed by atoms with E-state index in [0.29, 0.717) is 5.92 Å². The van der Waals surface area contributed by atoms with Crippen molar-refractivity contribution in [3.05, 3.63) is 24.2 Å². The van der Waals surface area contributed by atoms with Crippen molar-refractivity contribution in [1.29, 1.82) is 0 Å². The molecule has 1 aromatic heterocycles. The normalized spacial score (nSPS) is 19.8. The maximum Gasteiger partial charge on any atom is 0.120 e. The van der Waals surface area contributed by atoms with Gasteiger partial charge in [-0.2, -0.15) is 0 Å². The van der Waals surface area contributed by atoms with E-state index < -0.39 is 0 Å². The smallest absolute Gasteiger partial charge is 0.120 e. The van der Waals surface area contributed by atoms with E-state index in [0.717, 1.165) is 5.76 Å². The van der Waals surface area contributed by atoms with Crippen molar-refractivity contribution in [3.63, 3.8) is 0 Å². The van der Waals surface area contributed by atoms with E-state index in [1.165, 1.54) is 25.7 Å². The van der Waals surface area contributed by atoms with Crippen LogP contribution in [0.1, 0.15) is 37.5 Å². The topological polar surface area (TPSA) is 39.2 Å². The summed E-state index contributed by atoms with van der Waals surface area (Å²) in [5.74, 6) is 1.60. The number of rotatable bonds is 2. The fraction of sp³-hybridized carbons (Fsp3) is 0.600. The quantitative estimate of drug-likeness (QED) is 0.799. The highest BCUT2D eigenvalue weighted by Gasteiger charge is 2.24. The van der Waals surface area contributed by atoms with Gasteiger partial charge in [0.1, 0.15) is 5.76 Å². The third kappa shape index (κ3) is 2.26. The molecule has 1 fully saturated rings. The first-order valence-electron chi connectivity index (χ1n) is 4.67. The molecule has 13 heavy (non-hydrogen) atoms. The maximum atomic E-state index is 6.05. The average Bonchev–Trinajstić information content (AvgIpc) is 2.77. The molecule has 0 aromatic carbocycles. The second-order valence-electron chi connectivity index (χ2n) is 3.59. The van der Waals surface area contributed by atoms with Crippen LogP contribution in [-0.4, -0.2) is 0 Å². The Balaban J connectivity index is 0.000000845. The lowest BCUT2D eigenvalue weighted by atomic mass is 9.97. The van der Waals surface area contributed by atoms with Crippen LogP contribution in [0.25, 0.3) is 0 Å². The second-order valence-corrected chi connectivity index (χ2v) is 3.59. The molecule has 0 amide bonds. The Kier molecular flexibility index (Phi) is 3.82. The summed E-state index contributed by atoms with van der Waals surface area (Å²) in [6.07, 6.45) is 6.89. The monoisotopic (exact) mass is 201 g/mol. The Morgan fingerprint density at radius 1 is 1.38 bits per heavy atom. The average molecular weight is 202 g/mol. The zero-order chi connectivity index (χ0) is 8.39. The van der Waals surface area contributed by atoms with Crippen molar-refractivity contribution in [2.24, 2.45) is 11.7 Å². The predicted molar refractivity (Wildman–Crippen MR) is 54.8 cm³/mol. The lowest BCUT2D eigenvalue weighted by Crippen LogP contribution is -2.18. The van der Waals surface area contributed by atoms with E-state index >= 15 is 0 Å². The molecule has 2 rings (SSSR count). The summed E-state index contributed by atoms with van der Waals surface area (Å²) < 4.78 is 5.28. The number of nitrogens with two attached hydrogens (primary N) is 1. The molecule has 0 radical (unpaired) electrons. The molecule has 0 spiro atoms. The first-order chi connectivity index (χ1) is 5.88. The fourth-order valence-corrected chi connectivity index (χ4v) is 2.03. The molecule has 3 heteroatoms. The Morgan fingerprint density at radius 3 is 2.62 bits per heavy atom. The third-order valence-electron chi connectivity index (χ3n) is 2.78. The summed E-state index contributed by atoms with van der Waals surface area (Å²) in [6, 6.07) is 4.01. The van der Waals surface area contributed by atoms with Crippen molar-refractivity contribution < 1.29 is 4.42 Å². The van der Waals surface area contributed by atoms with Crippen LogP contribution >= 0.6 is 12.4 Å². The van der Waals surface area contributed by atoms with Gasteiger partial charge in [0.2, 0.25) is 0 Å². The lowest BCUT2D eigenvalue weighted by Gasteiger charge is -2.15. The Labute approximate surface area is 84.9 Å². The summed E-state index contributed by atoms with van der Waals surface area (Å²) in [4.78, 5) is 0. The van der Waals surface area contributed by atoms with Crippen LogP contribution in [0, 0.1) is 5.92 Å². The minimum Gasteiger partial charge on any atom is -0.468 e. The van der Waals surface area contributed by atoms with Crippen LogP contribution in [0.15, 0.2) is 22.8 Å². The molecule has 1 aliphatic rings. The van der Waals surface area contributed by atoms with Crippen molar-refractivity contribution >= 4 is 12.4 Å². The number of hydrogen-bond acceptors (Lipinski definition) is 2. The molecular weight excluding hydrogens is 186 g/mol. The van der Waals surface area contributed by atoms with Crippen LogP contribution in [0.5, 0.6) is 0 Å². The molecule has 74 valence electrons. The molecule has 0 bridgehead atoms. The molecule has 1 atom stereocenters. The van der Waals surface area contributed by atoms with E-state index in [1.807, 2.05) is 12.1 Å². The van der Waals surface area contributed by atoms with Gasteiger partial charge >= 0.3 is 0 Å². The maximum absolute atomic E-state index is 6.05. The standard InChI is InChI=1S/C10H15NO.ClH/c11-10(8-4-1-2-5-8)9-6-3-7-12-9;/h3,6-8,10H,1-2,4-5,11H2;1H. The number of hydrogen-bond donors (Lipinski definition) is 1. The van der Waals surface area contributed by atoms with Crippen LogP contribution in [0.2, 0.25) is 0 Å². The van der Waals surface area contributed by atoms with E-state index in [2.05, 4.69) is 0 Å². The van der Waals surface area contributed by atoms with Gasteiger partial charge in [0, 0.05) is 0 Å². The van der Waals surface area contributed by atoms with E-state index in [-0.39, 0.29) is 18.4 Å². The van der Waals surface area contributed by atoms with Crippen molar-refractivity contribution in [2.45, 2.75) is 31.7 Å². The van der Waals surface area contributed by atoms with Crippen LogP contribution in [-0.2, 0) is 0 Å². The fourth-order valence-electron chi connectivity index (χ4n) is 2.03. The molecule has 0 saturated heterocycles. The molecule has 1 unspecified atom stereocenters. The van der Waals surface area contributed by atoms with Crippen LogP contribution < -0.4 is 5.73 Å². The molecule has 1 saturated carbocycles. The molecule has 2 nitrogen and oxygen atoms in total. The second kappa shape index (κ2) is 4.68. The van der Waals surface area contributed by atoms with Crippen LogP contribution in [0.3, 0.4) is 0 Å². The van der Waals surface area contributed by atoms with Gasteiger partial charge in [-0.25, -0.2) is 0 Å². The van der Waals surface area contributed by atoms with Gasteiger partial charge < -0.3 is 10.2 Å². The highest BCUT2D eigenvalue weighted by molar-refractivity contribution is 5.85. The van der Waals surface area contributed by atoms with Gasteiger partial charge in [-0.15, -0.1) is 12.4 Å².